The highest BCUT2D eigenvalue weighted by Crippen LogP contribution is 2.37. The molecule has 1 aromatic heterocycles. The first-order valence-electron chi connectivity index (χ1n) is 10.7. The lowest BCUT2D eigenvalue weighted by Gasteiger charge is -2.06. The topological polar surface area (TPSA) is 160 Å². The number of fused-ring (bicyclic) bond motifs is 3. The number of aryl methyl sites for hydroxylation is 1. The molecule has 0 aliphatic rings. The summed E-state index contributed by atoms with van der Waals surface area (Å²) in [6.07, 6.45) is 0. The van der Waals surface area contributed by atoms with Crippen LogP contribution in [0.1, 0.15) is 55.3 Å². The molecular formula is C24H22N4O8. The average Bonchev–Trinajstić information content (AvgIpc) is 3.16. The van der Waals surface area contributed by atoms with Crippen LogP contribution in [0.15, 0.2) is 40.6 Å². The molecule has 0 N–H and O–H groups in total. The second-order valence-electron chi connectivity index (χ2n) is 7.80. The van der Waals surface area contributed by atoms with Crippen LogP contribution < -0.4 is 0 Å². The SMILES string of the molecule is CCn1c2ccc(C(=O)/C(C)=N/OC(C)=O)cc2c2cc(C(=O)/C(C)=N/OC(C)=O)cc([N+](=O)[O-])c21. The zero-order valence-electron chi connectivity index (χ0n) is 20.1. The number of Topliss-reactive ketones (excluding diaryl/α,β-unsaturated/α-hetero) is 2. The van der Waals surface area contributed by atoms with Crippen LogP contribution >= 0.6 is 0 Å². The van der Waals surface area contributed by atoms with E-state index in [9.17, 15) is 29.3 Å². The Morgan fingerprint density at radius 1 is 0.861 bits per heavy atom. The minimum absolute atomic E-state index is 0.0397. The van der Waals surface area contributed by atoms with E-state index in [4.69, 9.17) is 0 Å². The number of nitro groups is 1. The molecule has 0 aliphatic carbocycles. The Kier molecular flexibility index (Phi) is 7.37. The van der Waals surface area contributed by atoms with Crippen molar-refractivity contribution in [3.8, 4) is 0 Å². The molecule has 12 heteroatoms. The van der Waals surface area contributed by atoms with Crippen molar-refractivity contribution in [1.82, 2.24) is 4.57 Å². The van der Waals surface area contributed by atoms with Gasteiger partial charge >= 0.3 is 11.9 Å². The van der Waals surface area contributed by atoms with Gasteiger partial charge in [-0.3, -0.25) is 19.7 Å². The van der Waals surface area contributed by atoms with Gasteiger partial charge in [-0.2, -0.15) is 0 Å². The monoisotopic (exact) mass is 494 g/mol. The molecule has 0 bridgehead atoms. The number of carbonyl (C=O) groups excluding carboxylic acids is 4. The first-order chi connectivity index (χ1) is 17.0. The molecule has 0 unspecified atom stereocenters. The van der Waals surface area contributed by atoms with Crippen molar-refractivity contribution in [2.75, 3.05) is 0 Å². The summed E-state index contributed by atoms with van der Waals surface area (Å²) in [5.41, 5.74) is 0.499. The van der Waals surface area contributed by atoms with Crippen molar-refractivity contribution in [2.24, 2.45) is 10.3 Å². The van der Waals surface area contributed by atoms with Gasteiger partial charge in [0, 0.05) is 53.9 Å². The number of aromatic nitrogens is 1. The number of ketones is 2. The van der Waals surface area contributed by atoms with Crippen LogP contribution in [-0.2, 0) is 25.8 Å². The van der Waals surface area contributed by atoms with Crippen molar-refractivity contribution in [2.45, 2.75) is 41.2 Å². The predicted octanol–water partition coefficient (Wildman–Crippen LogP) is 3.97. The van der Waals surface area contributed by atoms with E-state index in [1.807, 2.05) is 6.92 Å². The van der Waals surface area contributed by atoms with Gasteiger partial charge in [0.2, 0.25) is 11.6 Å². The third-order valence-corrected chi connectivity index (χ3v) is 5.25. The summed E-state index contributed by atoms with van der Waals surface area (Å²) in [5, 5.41) is 19.8. The van der Waals surface area contributed by atoms with Gasteiger partial charge in [-0.15, -0.1) is 0 Å². The Morgan fingerprint density at radius 3 is 1.89 bits per heavy atom. The van der Waals surface area contributed by atoms with E-state index in [1.54, 1.807) is 10.6 Å². The summed E-state index contributed by atoms with van der Waals surface area (Å²) in [5.74, 6) is -2.59. The van der Waals surface area contributed by atoms with Gasteiger partial charge in [0.15, 0.2) is 0 Å². The average molecular weight is 494 g/mol. The maximum absolute atomic E-state index is 12.9. The van der Waals surface area contributed by atoms with E-state index in [1.165, 1.54) is 32.0 Å². The summed E-state index contributed by atoms with van der Waals surface area (Å²) < 4.78 is 1.71. The summed E-state index contributed by atoms with van der Waals surface area (Å²) >= 11 is 0. The zero-order valence-corrected chi connectivity index (χ0v) is 20.1. The number of nitro benzene ring substituents is 1. The number of non-ortho nitro benzene ring substituents is 1. The highest BCUT2D eigenvalue weighted by atomic mass is 16.7. The molecule has 3 rings (SSSR count). The minimum atomic E-state index is -0.723. The van der Waals surface area contributed by atoms with Gasteiger partial charge in [0.05, 0.1) is 4.92 Å². The number of nitrogens with zero attached hydrogens (tertiary/aromatic N) is 4. The molecule has 186 valence electrons. The Morgan fingerprint density at radius 2 is 1.39 bits per heavy atom. The smallest absolute Gasteiger partial charge is 0.331 e. The number of hydrogen-bond acceptors (Lipinski definition) is 10. The molecule has 0 amide bonds. The molecule has 0 fully saturated rings. The van der Waals surface area contributed by atoms with Gasteiger partial charge in [-0.05, 0) is 45.0 Å². The van der Waals surface area contributed by atoms with E-state index in [2.05, 4.69) is 20.0 Å². The van der Waals surface area contributed by atoms with Crippen LogP contribution in [0.5, 0.6) is 0 Å². The number of carbonyl (C=O) groups is 4. The van der Waals surface area contributed by atoms with Crippen LogP contribution in [0.4, 0.5) is 5.69 Å². The Balaban J connectivity index is 2.28. The van der Waals surface area contributed by atoms with Crippen molar-refractivity contribution in [3.63, 3.8) is 0 Å². The molecule has 0 radical (unpaired) electrons. The minimum Gasteiger partial charge on any atom is -0.335 e. The van der Waals surface area contributed by atoms with E-state index in [-0.39, 0.29) is 33.8 Å². The van der Waals surface area contributed by atoms with Crippen molar-refractivity contribution >= 4 is 62.4 Å². The lowest BCUT2D eigenvalue weighted by Crippen LogP contribution is -2.12. The lowest BCUT2D eigenvalue weighted by molar-refractivity contribution is -0.383. The van der Waals surface area contributed by atoms with Crippen molar-refractivity contribution < 1.29 is 33.8 Å². The maximum Gasteiger partial charge on any atom is 0.331 e. The van der Waals surface area contributed by atoms with Crippen molar-refractivity contribution in [3.05, 3.63) is 51.6 Å². The second kappa shape index (κ2) is 10.3. The highest BCUT2D eigenvalue weighted by molar-refractivity contribution is 6.46. The Labute approximate surface area is 204 Å². The maximum atomic E-state index is 12.9. The van der Waals surface area contributed by atoms with Gasteiger partial charge < -0.3 is 14.2 Å². The van der Waals surface area contributed by atoms with Gasteiger partial charge in [0.25, 0.3) is 5.69 Å². The fraction of sp³-hybridized carbons (Fsp3) is 0.250. The third kappa shape index (κ3) is 5.02. The van der Waals surface area contributed by atoms with Gasteiger partial charge in [-0.1, -0.05) is 10.3 Å². The van der Waals surface area contributed by atoms with Gasteiger partial charge in [0.1, 0.15) is 16.9 Å². The van der Waals surface area contributed by atoms with Crippen LogP contribution in [0.2, 0.25) is 0 Å². The second-order valence-corrected chi connectivity index (χ2v) is 7.80. The van der Waals surface area contributed by atoms with E-state index in [0.717, 1.165) is 19.9 Å². The Hall–Kier alpha value is -4.74. The molecular weight excluding hydrogens is 472 g/mol. The van der Waals surface area contributed by atoms with E-state index in [0.29, 0.717) is 22.8 Å². The summed E-state index contributed by atoms with van der Waals surface area (Å²) in [6, 6.07) is 7.33. The number of oxime groups is 2. The standard InChI is InChI=1S/C24H22N4O8/c1-6-27-20-8-7-16(23(31)12(2)25-35-14(4)29)9-18(20)19-10-17(11-21(22(19)27)28(33)34)24(32)13(3)26-36-15(5)30/h7-11H,6H2,1-5H3/b25-12+,26-13+. The molecule has 0 saturated heterocycles. The molecule has 36 heavy (non-hydrogen) atoms. The van der Waals surface area contributed by atoms with E-state index < -0.39 is 28.4 Å². The number of benzene rings is 2. The van der Waals surface area contributed by atoms with Crippen LogP contribution in [0.25, 0.3) is 21.8 Å². The largest absolute Gasteiger partial charge is 0.335 e. The quantitative estimate of drug-likeness (QED) is 0.149. The fourth-order valence-corrected chi connectivity index (χ4v) is 3.72. The molecule has 0 spiro atoms. The Bertz CT molecular complexity index is 1510. The zero-order chi connectivity index (χ0) is 26.7. The molecule has 0 aliphatic heterocycles. The molecule has 12 nitrogen and oxygen atoms in total. The first-order valence-corrected chi connectivity index (χ1v) is 10.7. The number of hydrogen-bond donors (Lipinski definition) is 0. The number of rotatable bonds is 8. The molecule has 1 heterocycles. The molecule has 0 atom stereocenters. The lowest BCUT2D eigenvalue weighted by atomic mass is 10.0. The molecule has 0 saturated carbocycles. The van der Waals surface area contributed by atoms with E-state index >= 15 is 0 Å². The molecule has 2 aromatic carbocycles. The molecule has 3 aromatic rings. The predicted molar refractivity (Wildman–Crippen MR) is 130 cm³/mol. The van der Waals surface area contributed by atoms with Crippen LogP contribution in [-0.4, -0.2) is 44.4 Å². The van der Waals surface area contributed by atoms with Crippen LogP contribution in [0, 0.1) is 10.1 Å². The summed E-state index contributed by atoms with van der Waals surface area (Å²) in [4.78, 5) is 68.2. The normalized spacial score (nSPS) is 12.0. The summed E-state index contributed by atoms with van der Waals surface area (Å²) in [6.45, 7) is 7.16. The van der Waals surface area contributed by atoms with Crippen molar-refractivity contribution in [1.29, 1.82) is 0 Å². The summed E-state index contributed by atoms with van der Waals surface area (Å²) in [7, 11) is 0. The third-order valence-electron chi connectivity index (χ3n) is 5.25. The highest BCUT2D eigenvalue weighted by Gasteiger charge is 2.25. The first kappa shape index (κ1) is 25.9. The fourth-order valence-electron chi connectivity index (χ4n) is 3.72. The van der Waals surface area contributed by atoms with Gasteiger partial charge in [-0.25, -0.2) is 9.59 Å². The van der Waals surface area contributed by atoms with Crippen LogP contribution in [0.3, 0.4) is 0 Å².